The van der Waals surface area contributed by atoms with Crippen molar-refractivity contribution in [1.29, 1.82) is 0 Å². The van der Waals surface area contributed by atoms with Crippen LogP contribution in [0.4, 0.5) is 0 Å². The van der Waals surface area contributed by atoms with Crippen molar-refractivity contribution in [3.05, 3.63) is 36.5 Å². The first-order valence-electron chi connectivity index (χ1n) is 24.0. The van der Waals surface area contributed by atoms with Gasteiger partial charge in [-0.2, -0.15) is 0 Å². The number of carbonyl (C=O) groups excluding carboxylic acids is 3. The maximum absolute atomic E-state index is 12.7. The second-order valence-electron chi connectivity index (χ2n) is 16.0. The van der Waals surface area contributed by atoms with Gasteiger partial charge in [0.25, 0.3) is 0 Å². The molecular formula is C50H90O6. The first-order chi connectivity index (χ1) is 27.5. The van der Waals surface area contributed by atoms with Crippen LogP contribution in [-0.2, 0) is 28.6 Å². The first kappa shape index (κ1) is 53.6. The molecule has 0 saturated carbocycles. The van der Waals surface area contributed by atoms with E-state index in [1.54, 1.807) is 0 Å². The molecule has 0 amide bonds. The topological polar surface area (TPSA) is 78.9 Å². The van der Waals surface area contributed by atoms with Crippen LogP contribution in [0.3, 0.4) is 0 Å². The number of rotatable bonds is 43. The molecule has 0 fully saturated rings. The van der Waals surface area contributed by atoms with Gasteiger partial charge in [0.1, 0.15) is 13.2 Å². The zero-order chi connectivity index (χ0) is 40.8. The summed E-state index contributed by atoms with van der Waals surface area (Å²) in [7, 11) is 0. The average molecular weight is 787 g/mol. The highest BCUT2D eigenvalue weighted by Gasteiger charge is 2.19. The molecule has 0 radical (unpaired) electrons. The fraction of sp³-hybridized carbons (Fsp3) is 0.820. The third-order valence-corrected chi connectivity index (χ3v) is 10.4. The number of hydrogen-bond donors (Lipinski definition) is 0. The van der Waals surface area contributed by atoms with Crippen molar-refractivity contribution in [2.75, 3.05) is 13.2 Å². The van der Waals surface area contributed by atoms with Gasteiger partial charge in [-0.1, -0.05) is 192 Å². The Bertz CT molecular complexity index is 953. The SMILES string of the molecule is CCCC/C=C\C/C=C\CCCCCCCC(=O)OC(COC(=O)CCCCCCC/C=C\CCCCCCCC)COC(=O)CCCCCCCCCCC. The molecule has 0 saturated heterocycles. The van der Waals surface area contributed by atoms with Gasteiger partial charge in [-0.25, -0.2) is 0 Å². The Hall–Kier alpha value is -2.37. The summed E-state index contributed by atoms with van der Waals surface area (Å²) in [4.78, 5) is 37.7. The Labute approximate surface area is 346 Å². The molecule has 6 heteroatoms. The molecule has 0 aromatic carbocycles. The summed E-state index contributed by atoms with van der Waals surface area (Å²) >= 11 is 0. The van der Waals surface area contributed by atoms with Gasteiger partial charge in [0, 0.05) is 19.3 Å². The Balaban J connectivity index is 4.37. The van der Waals surface area contributed by atoms with Crippen molar-refractivity contribution in [3.8, 4) is 0 Å². The fourth-order valence-electron chi connectivity index (χ4n) is 6.69. The molecule has 0 rings (SSSR count). The maximum atomic E-state index is 12.7. The third-order valence-electron chi connectivity index (χ3n) is 10.4. The van der Waals surface area contributed by atoms with Gasteiger partial charge in [0.15, 0.2) is 6.10 Å². The van der Waals surface area contributed by atoms with Gasteiger partial charge in [-0.05, 0) is 70.6 Å². The van der Waals surface area contributed by atoms with E-state index in [0.29, 0.717) is 19.3 Å². The highest BCUT2D eigenvalue weighted by Crippen LogP contribution is 2.14. The Morgan fingerprint density at radius 2 is 0.661 bits per heavy atom. The quantitative estimate of drug-likeness (QED) is 0.0265. The lowest BCUT2D eigenvalue weighted by Gasteiger charge is -2.18. The highest BCUT2D eigenvalue weighted by molar-refractivity contribution is 5.71. The van der Waals surface area contributed by atoms with Crippen LogP contribution in [0.5, 0.6) is 0 Å². The summed E-state index contributed by atoms with van der Waals surface area (Å²) < 4.78 is 16.7. The standard InChI is InChI=1S/C50H90O6/c1-4-7-10-13-16-19-21-23-25-27-28-31-34-37-40-43-49(52)55-46-47(45-54-48(51)42-39-36-33-30-18-15-12-9-6-3)56-50(53)44-41-38-35-32-29-26-24-22-20-17-14-11-8-5-2/h14,17,22-25,47H,4-13,15-16,18-21,26-46H2,1-3H3/b17-14-,24-22-,25-23-. The number of allylic oxidation sites excluding steroid dienone is 6. The molecule has 0 aliphatic rings. The van der Waals surface area contributed by atoms with Crippen LogP contribution >= 0.6 is 0 Å². The second kappa shape index (κ2) is 45.3. The molecule has 0 heterocycles. The van der Waals surface area contributed by atoms with Crippen LogP contribution in [0.1, 0.15) is 245 Å². The minimum Gasteiger partial charge on any atom is -0.462 e. The van der Waals surface area contributed by atoms with Crippen molar-refractivity contribution >= 4 is 17.9 Å². The molecule has 0 N–H and O–H groups in total. The van der Waals surface area contributed by atoms with Gasteiger partial charge in [-0.15, -0.1) is 0 Å². The highest BCUT2D eigenvalue weighted by atomic mass is 16.6. The summed E-state index contributed by atoms with van der Waals surface area (Å²) in [5, 5.41) is 0. The number of unbranched alkanes of at least 4 members (excludes halogenated alkanes) is 26. The van der Waals surface area contributed by atoms with E-state index < -0.39 is 6.10 Å². The third kappa shape index (κ3) is 42.8. The molecule has 0 aliphatic carbocycles. The van der Waals surface area contributed by atoms with Gasteiger partial charge in [-0.3, -0.25) is 14.4 Å². The monoisotopic (exact) mass is 787 g/mol. The first-order valence-corrected chi connectivity index (χ1v) is 24.0. The Morgan fingerprint density at radius 3 is 1.05 bits per heavy atom. The lowest BCUT2D eigenvalue weighted by atomic mass is 10.1. The Morgan fingerprint density at radius 1 is 0.357 bits per heavy atom. The van der Waals surface area contributed by atoms with E-state index in [1.807, 2.05) is 0 Å². The summed E-state index contributed by atoms with van der Waals surface area (Å²) in [6, 6.07) is 0. The summed E-state index contributed by atoms with van der Waals surface area (Å²) in [6.45, 7) is 6.56. The zero-order valence-electron chi connectivity index (χ0n) is 37.2. The zero-order valence-corrected chi connectivity index (χ0v) is 37.2. The molecule has 56 heavy (non-hydrogen) atoms. The molecule has 6 nitrogen and oxygen atoms in total. The van der Waals surface area contributed by atoms with Crippen LogP contribution in [0.15, 0.2) is 36.5 Å². The number of ether oxygens (including phenoxy) is 3. The predicted molar refractivity (Wildman–Crippen MR) is 238 cm³/mol. The van der Waals surface area contributed by atoms with E-state index in [-0.39, 0.29) is 31.1 Å². The molecule has 0 spiro atoms. The summed E-state index contributed by atoms with van der Waals surface area (Å²) in [6.07, 6.45) is 51.2. The predicted octanol–water partition coefficient (Wildman–Crippen LogP) is 15.4. The average Bonchev–Trinajstić information content (AvgIpc) is 3.19. The van der Waals surface area contributed by atoms with Gasteiger partial charge in [0.2, 0.25) is 0 Å². The fourth-order valence-corrected chi connectivity index (χ4v) is 6.69. The van der Waals surface area contributed by atoms with E-state index in [1.165, 1.54) is 116 Å². The van der Waals surface area contributed by atoms with Gasteiger partial charge < -0.3 is 14.2 Å². The molecule has 0 aliphatic heterocycles. The molecule has 0 aromatic heterocycles. The van der Waals surface area contributed by atoms with E-state index in [2.05, 4.69) is 57.2 Å². The minimum atomic E-state index is -0.777. The van der Waals surface area contributed by atoms with Crippen molar-refractivity contribution < 1.29 is 28.6 Å². The molecule has 0 bridgehead atoms. The van der Waals surface area contributed by atoms with Gasteiger partial charge in [0.05, 0.1) is 0 Å². The molecule has 326 valence electrons. The van der Waals surface area contributed by atoms with Crippen LogP contribution in [0.2, 0.25) is 0 Å². The molecule has 0 aromatic rings. The van der Waals surface area contributed by atoms with E-state index in [4.69, 9.17) is 14.2 Å². The smallest absolute Gasteiger partial charge is 0.306 e. The van der Waals surface area contributed by atoms with E-state index >= 15 is 0 Å². The molecule has 1 atom stereocenters. The second-order valence-corrected chi connectivity index (χ2v) is 16.0. The largest absolute Gasteiger partial charge is 0.462 e. The van der Waals surface area contributed by atoms with Crippen LogP contribution in [0, 0.1) is 0 Å². The van der Waals surface area contributed by atoms with E-state index in [0.717, 1.165) is 89.9 Å². The lowest BCUT2D eigenvalue weighted by molar-refractivity contribution is -0.167. The summed E-state index contributed by atoms with van der Waals surface area (Å²) in [5.41, 5.74) is 0. The Kier molecular flexibility index (Phi) is 43.4. The normalized spacial score (nSPS) is 12.3. The molecular weight excluding hydrogens is 697 g/mol. The number of hydrogen-bond acceptors (Lipinski definition) is 6. The van der Waals surface area contributed by atoms with Crippen molar-refractivity contribution in [3.63, 3.8) is 0 Å². The number of esters is 3. The lowest BCUT2D eigenvalue weighted by Crippen LogP contribution is -2.30. The van der Waals surface area contributed by atoms with Crippen molar-refractivity contribution in [2.24, 2.45) is 0 Å². The van der Waals surface area contributed by atoms with Crippen LogP contribution in [0.25, 0.3) is 0 Å². The van der Waals surface area contributed by atoms with Gasteiger partial charge >= 0.3 is 17.9 Å². The maximum Gasteiger partial charge on any atom is 0.306 e. The minimum absolute atomic E-state index is 0.0786. The van der Waals surface area contributed by atoms with Crippen LogP contribution < -0.4 is 0 Å². The number of carbonyl (C=O) groups is 3. The molecule has 1 unspecified atom stereocenters. The van der Waals surface area contributed by atoms with Crippen LogP contribution in [-0.4, -0.2) is 37.2 Å². The van der Waals surface area contributed by atoms with Crippen molar-refractivity contribution in [1.82, 2.24) is 0 Å². The van der Waals surface area contributed by atoms with E-state index in [9.17, 15) is 14.4 Å². The van der Waals surface area contributed by atoms with Crippen molar-refractivity contribution in [2.45, 2.75) is 252 Å². The summed E-state index contributed by atoms with van der Waals surface area (Å²) in [5.74, 6) is -0.900.